The normalized spacial score (nSPS) is 13.0. The van der Waals surface area contributed by atoms with Gasteiger partial charge in [0.2, 0.25) is 0 Å². The minimum absolute atomic E-state index is 0.167. The third kappa shape index (κ3) is 7.47. The SMILES string of the molecule is O=C(Nc1ccccc1)N[C@@H](CC(C(=O)O)N(CCCl)CCCl)C(=O)O. The Morgan fingerprint density at radius 1 is 1.00 bits per heavy atom. The number of alkyl halides is 2. The van der Waals surface area contributed by atoms with Gasteiger partial charge in [-0.15, -0.1) is 23.2 Å². The summed E-state index contributed by atoms with van der Waals surface area (Å²) in [6.45, 7) is 0.460. The Morgan fingerprint density at radius 2 is 1.58 bits per heavy atom. The number of amides is 2. The van der Waals surface area contributed by atoms with Crippen molar-refractivity contribution in [1.82, 2.24) is 10.2 Å². The minimum Gasteiger partial charge on any atom is -0.480 e. The van der Waals surface area contributed by atoms with E-state index in [1.807, 2.05) is 0 Å². The maximum absolute atomic E-state index is 12.0. The molecule has 0 saturated carbocycles. The molecule has 2 amide bonds. The standard InChI is InChI=1S/C16H21Cl2N3O5/c17-6-8-21(9-7-18)13(15(24)25)10-12(14(22)23)20-16(26)19-11-4-2-1-3-5-11/h1-5,12-13H,6-10H2,(H,22,23)(H,24,25)(H2,19,20,26)/t12-,13?/m0/s1. The molecule has 1 rings (SSSR count). The van der Waals surface area contributed by atoms with Crippen LogP contribution in [0.5, 0.6) is 0 Å². The third-order valence-electron chi connectivity index (χ3n) is 3.56. The zero-order chi connectivity index (χ0) is 19.5. The van der Waals surface area contributed by atoms with Crippen molar-refractivity contribution in [3.05, 3.63) is 30.3 Å². The summed E-state index contributed by atoms with van der Waals surface area (Å²) in [5.74, 6) is -2.21. The molecular formula is C16H21Cl2N3O5. The first kappa shape index (κ1) is 22.0. The predicted molar refractivity (Wildman–Crippen MR) is 99.1 cm³/mol. The number of hydrogen-bond acceptors (Lipinski definition) is 4. The largest absolute Gasteiger partial charge is 0.480 e. The van der Waals surface area contributed by atoms with Crippen molar-refractivity contribution < 1.29 is 24.6 Å². The van der Waals surface area contributed by atoms with Crippen LogP contribution in [0.3, 0.4) is 0 Å². The molecule has 0 aliphatic rings. The van der Waals surface area contributed by atoms with Gasteiger partial charge in [0.1, 0.15) is 12.1 Å². The van der Waals surface area contributed by atoms with Crippen molar-refractivity contribution in [2.75, 3.05) is 30.2 Å². The van der Waals surface area contributed by atoms with E-state index in [0.29, 0.717) is 5.69 Å². The Labute approximate surface area is 161 Å². The van der Waals surface area contributed by atoms with Crippen LogP contribution in [0.1, 0.15) is 6.42 Å². The summed E-state index contributed by atoms with van der Waals surface area (Å²) in [4.78, 5) is 36.5. The second kappa shape index (κ2) is 11.6. The Morgan fingerprint density at radius 3 is 2.04 bits per heavy atom. The number of anilines is 1. The number of hydrogen-bond donors (Lipinski definition) is 4. The monoisotopic (exact) mass is 405 g/mol. The van der Waals surface area contributed by atoms with Gasteiger partial charge in [-0.05, 0) is 12.1 Å². The summed E-state index contributed by atoms with van der Waals surface area (Å²) in [5.41, 5.74) is 0.481. The number of aliphatic carboxylic acids is 2. The van der Waals surface area contributed by atoms with Crippen LogP contribution in [0.2, 0.25) is 0 Å². The van der Waals surface area contributed by atoms with Gasteiger partial charge in [0.25, 0.3) is 0 Å². The summed E-state index contributed by atoms with van der Waals surface area (Å²) in [7, 11) is 0. The zero-order valence-electron chi connectivity index (χ0n) is 13.9. The van der Waals surface area contributed by atoms with Gasteiger partial charge in [-0.25, -0.2) is 9.59 Å². The average Bonchev–Trinajstić information content (AvgIpc) is 2.58. The summed E-state index contributed by atoms with van der Waals surface area (Å²) in [6, 6.07) is 5.17. The molecule has 2 atom stereocenters. The number of urea groups is 1. The Kier molecular flexibility index (Phi) is 9.79. The lowest BCUT2D eigenvalue weighted by atomic mass is 10.1. The van der Waals surface area contributed by atoms with Gasteiger partial charge in [-0.1, -0.05) is 18.2 Å². The fourth-order valence-corrected chi connectivity index (χ4v) is 2.77. The Balaban J connectivity index is 2.81. The van der Waals surface area contributed by atoms with E-state index in [1.165, 1.54) is 4.90 Å². The zero-order valence-corrected chi connectivity index (χ0v) is 15.4. The van der Waals surface area contributed by atoms with Crippen LogP contribution >= 0.6 is 23.2 Å². The number of carbonyl (C=O) groups is 3. The first-order chi connectivity index (χ1) is 12.4. The fraction of sp³-hybridized carbons (Fsp3) is 0.438. The molecule has 0 spiro atoms. The highest BCUT2D eigenvalue weighted by atomic mass is 35.5. The Bertz CT molecular complexity index is 597. The van der Waals surface area contributed by atoms with Crippen LogP contribution in [0.15, 0.2) is 30.3 Å². The second-order valence-corrected chi connectivity index (χ2v) is 6.11. The van der Waals surface area contributed by atoms with Crippen molar-refractivity contribution in [1.29, 1.82) is 0 Å². The van der Waals surface area contributed by atoms with Crippen LogP contribution in [-0.4, -0.2) is 70.0 Å². The Hall–Kier alpha value is -2.03. The van der Waals surface area contributed by atoms with Crippen LogP contribution in [0.4, 0.5) is 10.5 Å². The van der Waals surface area contributed by atoms with E-state index in [2.05, 4.69) is 10.6 Å². The number of nitrogens with one attached hydrogen (secondary N) is 2. The maximum atomic E-state index is 12.0. The molecule has 1 aromatic carbocycles. The number of halogens is 2. The summed E-state index contributed by atoms with van der Waals surface area (Å²) in [6.07, 6.45) is -0.333. The maximum Gasteiger partial charge on any atom is 0.326 e. The van der Waals surface area contributed by atoms with Crippen molar-refractivity contribution in [2.45, 2.75) is 18.5 Å². The fourth-order valence-electron chi connectivity index (χ4n) is 2.34. The summed E-state index contributed by atoms with van der Waals surface area (Å²) < 4.78 is 0. The number of carboxylic acid groups (broad SMARTS) is 2. The van der Waals surface area contributed by atoms with E-state index in [-0.39, 0.29) is 31.3 Å². The highest BCUT2D eigenvalue weighted by molar-refractivity contribution is 6.18. The van der Waals surface area contributed by atoms with E-state index in [0.717, 1.165) is 0 Å². The number of benzene rings is 1. The summed E-state index contributed by atoms with van der Waals surface area (Å²) >= 11 is 11.4. The first-order valence-electron chi connectivity index (χ1n) is 7.83. The lowest BCUT2D eigenvalue weighted by Crippen LogP contribution is -2.51. The molecule has 26 heavy (non-hydrogen) atoms. The van der Waals surface area contributed by atoms with E-state index in [4.69, 9.17) is 23.2 Å². The number of carbonyl (C=O) groups excluding carboxylic acids is 1. The van der Waals surface area contributed by atoms with Crippen molar-refractivity contribution >= 4 is 46.9 Å². The molecule has 4 N–H and O–H groups in total. The molecule has 0 aromatic heterocycles. The first-order valence-corrected chi connectivity index (χ1v) is 8.90. The number of para-hydroxylation sites is 1. The molecule has 0 bridgehead atoms. The molecule has 1 unspecified atom stereocenters. The molecule has 8 nitrogen and oxygen atoms in total. The van der Waals surface area contributed by atoms with Gasteiger partial charge in [0, 0.05) is 37.0 Å². The highest BCUT2D eigenvalue weighted by Crippen LogP contribution is 2.11. The lowest BCUT2D eigenvalue weighted by Gasteiger charge is -2.29. The van der Waals surface area contributed by atoms with Crippen LogP contribution < -0.4 is 10.6 Å². The molecule has 0 saturated heterocycles. The quantitative estimate of drug-likeness (QED) is 0.417. The van der Waals surface area contributed by atoms with Gasteiger partial charge in [0.05, 0.1) is 0 Å². The van der Waals surface area contributed by atoms with Crippen molar-refractivity contribution in [3.8, 4) is 0 Å². The summed E-state index contributed by atoms with van der Waals surface area (Å²) in [5, 5.41) is 23.6. The van der Waals surface area contributed by atoms with Crippen molar-refractivity contribution in [2.24, 2.45) is 0 Å². The highest BCUT2D eigenvalue weighted by Gasteiger charge is 2.32. The predicted octanol–water partition coefficient (Wildman–Crippen LogP) is 1.88. The van der Waals surface area contributed by atoms with Crippen LogP contribution in [0, 0.1) is 0 Å². The van der Waals surface area contributed by atoms with Crippen LogP contribution in [-0.2, 0) is 9.59 Å². The van der Waals surface area contributed by atoms with Gasteiger partial charge >= 0.3 is 18.0 Å². The van der Waals surface area contributed by atoms with E-state index in [1.54, 1.807) is 30.3 Å². The van der Waals surface area contributed by atoms with Crippen LogP contribution in [0.25, 0.3) is 0 Å². The van der Waals surface area contributed by atoms with E-state index < -0.39 is 30.1 Å². The van der Waals surface area contributed by atoms with E-state index in [9.17, 15) is 24.6 Å². The van der Waals surface area contributed by atoms with Gasteiger partial charge in [-0.2, -0.15) is 0 Å². The molecule has 0 radical (unpaired) electrons. The molecule has 0 aliphatic carbocycles. The number of rotatable bonds is 11. The third-order valence-corrected chi connectivity index (χ3v) is 3.90. The topological polar surface area (TPSA) is 119 Å². The smallest absolute Gasteiger partial charge is 0.326 e. The second-order valence-electron chi connectivity index (χ2n) is 5.36. The number of carboxylic acids is 2. The minimum atomic E-state index is -1.40. The molecular weight excluding hydrogens is 385 g/mol. The molecule has 1 aromatic rings. The van der Waals surface area contributed by atoms with E-state index >= 15 is 0 Å². The molecule has 0 heterocycles. The van der Waals surface area contributed by atoms with Gasteiger partial charge in [-0.3, -0.25) is 9.69 Å². The molecule has 10 heteroatoms. The van der Waals surface area contributed by atoms with Crippen molar-refractivity contribution in [3.63, 3.8) is 0 Å². The number of nitrogens with zero attached hydrogens (tertiary/aromatic N) is 1. The average molecular weight is 406 g/mol. The molecule has 0 fully saturated rings. The molecule has 0 aliphatic heterocycles. The van der Waals surface area contributed by atoms with Gasteiger partial charge < -0.3 is 20.8 Å². The lowest BCUT2D eigenvalue weighted by molar-refractivity contribution is -0.145. The van der Waals surface area contributed by atoms with Gasteiger partial charge in [0.15, 0.2) is 0 Å². The molecule has 144 valence electrons.